The molecule has 1 fully saturated rings. The van der Waals surface area contributed by atoms with Crippen LogP contribution in [0.25, 0.3) is 33.4 Å². The molecule has 0 saturated carbocycles. The quantitative estimate of drug-likeness (QED) is 0.575. The molecule has 3 aromatic heterocycles. The van der Waals surface area contributed by atoms with Crippen LogP contribution in [0.2, 0.25) is 0 Å². The summed E-state index contributed by atoms with van der Waals surface area (Å²) in [4.78, 5) is 15.4. The van der Waals surface area contributed by atoms with Crippen LogP contribution in [-0.4, -0.2) is 58.6 Å². The third-order valence-electron chi connectivity index (χ3n) is 5.07. The molecular weight excluding hydrogens is 368 g/mol. The van der Waals surface area contributed by atoms with Gasteiger partial charge in [0.25, 0.3) is 0 Å². The summed E-state index contributed by atoms with van der Waals surface area (Å²) in [5.74, 6) is 1.48. The van der Waals surface area contributed by atoms with Crippen molar-refractivity contribution in [2.24, 2.45) is 0 Å². The summed E-state index contributed by atoms with van der Waals surface area (Å²) in [6, 6.07) is 12.0. The van der Waals surface area contributed by atoms with E-state index in [1.54, 1.807) is 19.6 Å². The fraction of sp³-hybridized carbons (Fsp3) is 0.238. The highest BCUT2D eigenvalue weighted by atomic mass is 16.5. The molecule has 146 valence electrons. The van der Waals surface area contributed by atoms with Crippen molar-refractivity contribution in [3.8, 4) is 28.4 Å². The van der Waals surface area contributed by atoms with Gasteiger partial charge in [-0.15, -0.1) is 0 Å². The summed E-state index contributed by atoms with van der Waals surface area (Å²) in [5.41, 5.74) is 4.45. The lowest BCUT2D eigenvalue weighted by Gasteiger charge is -2.27. The SMILES string of the molecule is COc1ncccc1-c1ccc2[nH]nc(-c3cc(N4CCOCC4)ncn3)c2c1. The van der Waals surface area contributed by atoms with Gasteiger partial charge in [-0.3, -0.25) is 5.10 Å². The standard InChI is InChI=1S/C21H20N6O2/c1-28-21-15(3-2-6-22-21)14-4-5-17-16(11-14)20(26-25-17)18-12-19(24-13-23-18)27-7-9-29-10-8-27/h2-6,11-13H,7-10H2,1H3,(H,25,26). The van der Waals surface area contributed by atoms with Gasteiger partial charge in [-0.05, 0) is 29.8 Å². The van der Waals surface area contributed by atoms with E-state index >= 15 is 0 Å². The molecule has 8 nitrogen and oxygen atoms in total. The zero-order chi connectivity index (χ0) is 19.6. The summed E-state index contributed by atoms with van der Waals surface area (Å²) in [5, 5.41) is 8.61. The first-order valence-corrected chi connectivity index (χ1v) is 9.46. The van der Waals surface area contributed by atoms with Crippen LogP contribution in [0.3, 0.4) is 0 Å². The molecule has 0 aliphatic carbocycles. The lowest BCUT2D eigenvalue weighted by Crippen LogP contribution is -2.36. The number of hydrogen-bond acceptors (Lipinski definition) is 7. The van der Waals surface area contributed by atoms with Crippen LogP contribution in [-0.2, 0) is 4.74 Å². The Labute approximate surface area is 167 Å². The van der Waals surface area contributed by atoms with Gasteiger partial charge in [0.05, 0.1) is 31.5 Å². The molecule has 1 saturated heterocycles. The van der Waals surface area contributed by atoms with Gasteiger partial charge in [0, 0.05) is 36.3 Å². The Hall–Kier alpha value is -3.52. The van der Waals surface area contributed by atoms with Crippen molar-refractivity contribution >= 4 is 16.7 Å². The predicted molar refractivity (Wildman–Crippen MR) is 110 cm³/mol. The van der Waals surface area contributed by atoms with Crippen molar-refractivity contribution in [3.63, 3.8) is 0 Å². The second-order valence-corrected chi connectivity index (χ2v) is 6.75. The molecule has 5 rings (SSSR count). The number of anilines is 1. The van der Waals surface area contributed by atoms with Crippen molar-refractivity contribution < 1.29 is 9.47 Å². The van der Waals surface area contributed by atoms with Gasteiger partial charge < -0.3 is 14.4 Å². The highest BCUT2D eigenvalue weighted by Crippen LogP contribution is 2.33. The lowest BCUT2D eigenvalue weighted by molar-refractivity contribution is 0.122. The number of benzene rings is 1. The summed E-state index contributed by atoms with van der Waals surface area (Å²) in [6.45, 7) is 3.06. The minimum Gasteiger partial charge on any atom is -0.481 e. The molecule has 4 heterocycles. The van der Waals surface area contributed by atoms with Crippen LogP contribution >= 0.6 is 0 Å². The minimum absolute atomic E-state index is 0.591. The first kappa shape index (κ1) is 17.6. The Morgan fingerprint density at radius 2 is 1.97 bits per heavy atom. The average molecular weight is 388 g/mol. The zero-order valence-corrected chi connectivity index (χ0v) is 16.0. The lowest BCUT2D eigenvalue weighted by atomic mass is 10.0. The Kier molecular flexibility index (Phi) is 4.53. The fourth-order valence-electron chi connectivity index (χ4n) is 3.59. The van der Waals surface area contributed by atoms with Gasteiger partial charge in [-0.25, -0.2) is 15.0 Å². The second kappa shape index (κ2) is 7.48. The smallest absolute Gasteiger partial charge is 0.221 e. The monoisotopic (exact) mass is 388 g/mol. The number of methoxy groups -OCH3 is 1. The van der Waals surface area contributed by atoms with E-state index in [0.29, 0.717) is 19.1 Å². The zero-order valence-electron chi connectivity index (χ0n) is 16.0. The Bertz CT molecular complexity index is 1150. The third kappa shape index (κ3) is 3.27. The van der Waals surface area contributed by atoms with Crippen LogP contribution in [0, 0.1) is 0 Å². The van der Waals surface area contributed by atoms with Crippen LogP contribution in [0.1, 0.15) is 0 Å². The first-order chi connectivity index (χ1) is 14.3. The van der Waals surface area contributed by atoms with Gasteiger partial charge in [0.1, 0.15) is 17.8 Å². The Balaban J connectivity index is 1.58. The van der Waals surface area contributed by atoms with Crippen LogP contribution in [0.4, 0.5) is 5.82 Å². The van der Waals surface area contributed by atoms with Crippen molar-refractivity contribution in [2.75, 3.05) is 38.3 Å². The summed E-state index contributed by atoms with van der Waals surface area (Å²) in [6.07, 6.45) is 3.31. The van der Waals surface area contributed by atoms with E-state index in [1.807, 2.05) is 30.3 Å². The molecule has 4 aromatic rings. The molecule has 0 spiro atoms. The molecule has 0 radical (unpaired) electrons. The normalized spacial score (nSPS) is 14.3. The van der Waals surface area contributed by atoms with E-state index in [1.165, 1.54) is 0 Å². The van der Waals surface area contributed by atoms with Crippen LogP contribution in [0.5, 0.6) is 5.88 Å². The van der Waals surface area contributed by atoms with Crippen LogP contribution < -0.4 is 9.64 Å². The molecule has 1 aliphatic heterocycles. The maximum Gasteiger partial charge on any atom is 0.221 e. The highest BCUT2D eigenvalue weighted by molar-refractivity contribution is 5.95. The topological polar surface area (TPSA) is 89.0 Å². The van der Waals surface area contributed by atoms with Crippen molar-refractivity contribution in [1.82, 2.24) is 25.1 Å². The maximum atomic E-state index is 5.44. The van der Waals surface area contributed by atoms with E-state index in [0.717, 1.165) is 52.3 Å². The van der Waals surface area contributed by atoms with Gasteiger partial charge in [-0.1, -0.05) is 6.07 Å². The Morgan fingerprint density at radius 3 is 2.83 bits per heavy atom. The molecule has 0 bridgehead atoms. The number of aromatic nitrogens is 5. The average Bonchev–Trinajstić information content (AvgIpc) is 3.23. The van der Waals surface area contributed by atoms with Crippen LogP contribution in [0.15, 0.2) is 48.9 Å². The van der Waals surface area contributed by atoms with E-state index < -0.39 is 0 Å². The van der Waals surface area contributed by atoms with E-state index in [2.05, 4.69) is 36.1 Å². The summed E-state index contributed by atoms with van der Waals surface area (Å²) < 4.78 is 10.9. The molecule has 8 heteroatoms. The second-order valence-electron chi connectivity index (χ2n) is 6.75. The molecule has 0 atom stereocenters. The first-order valence-electron chi connectivity index (χ1n) is 9.46. The summed E-state index contributed by atoms with van der Waals surface area (Å²) in [7, 11) is 1.63. The van der Waals surface area contributed by atoms with Gasteiger partial charge in [0.2, 0.25) is 5.88 Å². The largest absolute Gasteiger partial charge is 0.481 e. The molecule has 0 unspecified atom stereocenters. The number of H-pyrrole nitrogens is 1. The van der Waals surface area contributed by atoms with E-state index in [9.17, 15) is 0 Å². The predicted octanol–water partition coefficient (Wildman–Crippen LogP) is 2.93. The molecule has 0 amide bonds. The van der Waals surface area contributed by atoms with Gasteiger partial charge in [-0.2, -0.15) is 5.10 Å². The third-order valence-corrected chi connectivity index (χ3v) is 5.07. The molecular formula is C21H20N6O2. The minimum atomic E-state index is 0.591. The summed E-state index contributed by atoms with van der Waals surface area (Å²) >= 11 is 0. The number of nitrogens with one attached hydrogen (secondary N) is 1. The number of hydrogen-bond donors (Lipinski definition) is 1. The maximum absolute atomic E-state index is 5.44. The molecule has 1 N–H and O–H groups in total. The molecule has 29 heavy (non-hydrogen) atoms. The van der Waals surface area contributed by atoms with Gasteiger partial charge in [0.15, 0.2) is 0 Å². The number of nitrogens with zero attached hydrogens (tertiary/aromatic N) is 5. The molecule has 1 aromatic carbocycles. The van der Waals surface area contributed by atoms with E-state index in [4.69, 9.17) is 9.47 Å². The van der Waals surface area contributed by atoms with E-state index in [-0.39, 0.29) is 0 Å². The van der Waals surface area contributed by atoms with Crippen molar-refractivity contribution in [1.29, 1.82) is 0 Å². The Morgan fingerprint density at radius 1 is 1.07 bits per heavy atom. The number of morpholine rings is 1. The van der Waals surface area contributed by atoms with Crippen molar-refractivity contribution in [2.45, 2.75) is 0 Å². The number of rotatable bonds is 4. The molecule has 1 aliphatic rings. The number of ether oxygens (including phenoxy) is 2. The number of fused-ring (bicyclic) bond motifs is 1. The number of pyridine rings is 1. The highest BCUT2D eigenvalue weighted by Gasteiger charge is 2.17. The fourth-order valence-corrected chi connectivity index (χ4v) is 3.59. The van der Waals surface area contributed by atoms with Crippen molar-refractivity contribution in [3.05, 3.63) is 48.9 Å². The number of aromatic amines is 1. The van der Waals surface area contributed by atoms with Gasteiger partial charge >= 0.3 is 0 Å².